The largest absolute Gasteiger partial charge is 0.375 e. The van der Waals surface area contributed by atoms with Gasteiger partial charge in [0, 0.05) is 12.7 Å². The summed E-state index contributed by atoms with van der Waals surface area (Å²) in [6, 6.07) is 12.0. The first-order valence-electron chi connectivity index (χ1n) is 7.08. The number of benzene rings is 1. The van der Waals surface area contributed by atoms with Crippen LogP contribution in [0.3, 0.4) is 0 Å². The molecule has 0 amide bonds. The maximum Gasteiger partial charge on any atom is 0.152 e. The quantitative estimate of drug-likeness (QED) is 0.721. The van der Waals surface area contributed by atoms with Gasteiger partial charge in [-0.3, -0.25) is 0 Å². The highest BCUT2D eigenvalue weighted by atomic mass is 35.5. The summed E-state index contributed by atoms with van der Waals surface area (Å²) in [7, 11) is 0. The highest BCUT2D eigenvalue weighted by Gasteiger charge is 2.10. The van der Waals surface area contributed by atoms with Crippen LogP contribution in [0.1, 0.15) is 19.2 Å². The van der Waals surface area contributed by atoms with E-state index in [2.05, 4.69) is 27.9 Å². The van der Waals surface area contributed by atoms with Crippen molar-refractivity contribution in [3.8, 4) is 0 Å². The van der Waals surface area contributed by atoms with E-state index in [1.54, 1.807) is 6.20 Å². The van der Waals surface area contributed by atoms with Gasteiger partial charge in [0.1, 0.15) is 5.82 Å². The molecule has 1 N–H and O–H groups in total. The molecule has 5 heteroatoms. The summed E-state index contributed by atoms with van der Waals surface area (Å²) >= 11 is 6.07. The number of halogens is 1. The van der Waals surface area contributed by atoms with Gasteiger partial charge in [-0.15, -0.1) is 0 Å². The standard InChI is InChI=1S/C16H17ClN4/c1-2-10-21-14-8-4-3-6-12(14)20-15(21)11-19-13-7-5-9-18-16(13)17/h3-9,19H,2,10-11H2,1H3. The van der Waals surface area contributed by atoms with Crippen molar-refractivity contribution in [2.75, 3.05) is 5.32 Å². The number of hydrogen-bond donors (Lipinski definition) is 1. The summed E-state index contributed by atoms with van der Waals surface area (Å²) in [5, 5.41) is 3.79. The number of aromatic nitrogens is 3. The molecule has 0 spiro atoms. The van der Waals surface area contributed by atoms with E-state index in [-0.39, 0.29) is 0 Å². The van der Waals surface area contributed by atoms with Gasteiger partial charge in [-0.2, -0.15) is 0 Å². The van der Waals surface area contributed by atoms with E-state index >= 15 is 0 Å². The van der Waals surface area contributed by atoms with Crippen LogP contribution in [0.15, 0.2) is 42.6 Å². The normalized spacial score (nSPS) is 11.0. The van der Waals surface area contributed by atoms with Crippen molar-refractivity contribution in [1.82, 2.24) is 14.5 Å². The first-order chi connectivity index (χ1) is 10.3. The average molecular weight is 301 g/mol. The molecule has 108 valence electrons. The second-order valence-corrected chi connectivity index (χ2v) is 5.22. The third kappa shape index (κ3) is 2.85. The van der Waals surface area contributed by atoms with Gasteiger partial charge < -0.3 is 9.88 Å². The maximum atomic E-state index is 6.07. The van der Waals surface area contributed by atoms with Gasteiger partial charge in [0.25, 0.3) is 0 Å². The van der Waals surface area contributed by atoms with Crippen LogP contribution in [-0.2, 0) is 13.1 Å². The van der Waals surface area contributed by atoms with Gasteiger partial charge in [-0.1, -0.05) is 30.7 Å². The summed E-state index contributed by atoms with van der Waals surface area (Å²) in [6.45, 7) is 3.75. The Hall–Kier alpha value is -2.07. The smallest absolute Gasteiger partial charge is 0.152 e. The molecular formula is C16H17ClN4. The summed E-state index contributed by atoms with van der Waals surface area (Å²) < 4.78 is 2.26. The molecule has 3 rings (SSSR count). The van der Waals surface area contributed by atoms with Crippen molar-refractivity contribution in [2.45, 2.75) is 26.4 Å². The third-order valence-electron chi connectivity index (χ3n) is 3.38. The number of hydrogen-bond acceptors (Lipinski definition) is 3. The Bertz CT molecular complexity index is 751. The van der Waals surface area contributed by atoms with Gasteiger partial charge >= 0.3 is 0 Å². The fourth-order valence-electron chi connectivity index (χ4n) is 2.43. The molecule has 1 aromatic carbocycles. The van der Waals surface area contributed by atoms with E-state index in [4.69, 9.17) is 16.6 Å². The molecule has 0 atom stereocenters. The monoisotopic (exact) mass is 300 g/mol. The molecule has 0 aliphatic heterocycles. The molecule has 3 aromatic rings. The van der Waals surface area contributed by atoms with Gasteiger partial charge in [0.15, 0.2) is 5.15 Å². The summed E-state index contributed by atoms with van der Waals surface area (Å²) in [6.07, 6.45) is 2.75. The van der Waals surface area contributed by atoms with Gasteiger partial charge in [-0.25, -0.2) is 9.97 Å². The van der Waals surface area contributed by atoms with Crippen molar-refractivity contribution in [1.29, 1.82) is 0 Å². The Morgan fingerprint density at radius 1 is 1.19 bits per heavy atom. The second kappa shape index (κ2) is 6.14. The number of nitrogens with one attached hydrogen (secondary N) is 1. The van der Waals surface area contributed by atoms with Crippen molar-refractivity contribution < 1.29 is 0 Å². The van der Waals surface area contributed by atoms with Crippen LogP contribution >= 0.6 is 11.6 Å². The first kappa shape index (κ1) is 13.9. The Morgan fingerprint density at radius 2 is 2.05 bits per heavy atom. The maximum absolute atomic E-state index is 6.07. The van der Waals surface area contributed by atoms with Crippen molar-refractivity contribution in [3.63, 3.8) is 0 Å². The number of rotatable bonds is 5. The number of nitrogens with zero attached hydrogens (tertiary/aromatic N) is 3. The summed E-state index contributed by atoms with van der Waals surface area (Å²) in [5.41, 5.74) is 3.03. The molecule has 0 fully saturated rings. The summed E-state index contributed by atoms with van der Waals surface area (Å²) in [4.78, 5) is 8.78. The van der Waals surface area contributed by atoms with E-state index in [1.807, 2.05) is 30.3 Å². The number of aryl methyl sites for hydroxylation is 1. The molecule has 0 saturated heterocycles. The van der Waals surface area contributed by atoms with Crippen LogP contribution in [0.2, 0.25) is 5.15 Å². The zero-order valence-corrected chi connectivity index (χ0v) is 12.6. The van der Waals surface area contributed by atoms with E-state index in [0.717, 1.165) is 30.0 Å². The Labute approximate surface area is 128 Å². The van der Waals surface area contributed by atoms with Crippen molar-refractivity contribution in [2.24, 2.45) is 0 Å². The van der Waals surface area contributed by atoms with Crippen LogP contribution in [-0.4, -0.2) is 14.5 Å². The molecular weight excluding hydrogens is 284 g/mol. The summed E-state index contributed by atoms with van der Waals surface area (Å²) in [5.74, 6) is 1.01. The van der Waals surface area contributed by atoms with Crippen LogP contribution in [0.25, 0.3) is 11.0 Å². The number of pyridine rings is 1. The predicted molar refractivity (Wildman–Crippen MR) is 86.6 cm³/mol. The van der Waals surface area contributed by atoms with Crippen LogP contribution < -0.4 is 5.32 Å². The zero-order valence-electron chi connectivity index (χ0n) is 11.9. The number of fused-ring (bicyclic) bond motifs is 1. The Kier molecular flexibility index (Phi) is 4.06. The lowest BCUT2D eigenvalue weighted by molar-refractivity contribution is 0.661. The van der Waals surface area contributed by atoms with Crippen molar-refractivity contribution >= 4 is 28.3 Å². The van der Waals surface area contributed by atoms with Gasteiger partial charge in [0.2, 0.25) is 0 Å². The Balaban J connectivity index is 1.89. The minimum atomic E-state index is 0.482. The van der Waals surface area contributed by atoms with E-state index in [9.17, 15) is 0 Å². The van der Waals surface area contributed by atoms with E-state index < -0.39 is 0 Å². The van der Waals surface area contributed by atoms with Crippen LogP contribution in [0.5, 0.6) is 0 Å². The topological polar surface area (TPSA) is 42.7 Å². The van der Waals surface area contributed by atoms with Crippen molar-refractivity contribution in [3.05, 3.63) is 53.6 Å². The highest BCUT2D eigenvalue weighted by molar-refractivity contribution is 6.31. The lowest BCUT2D eigenvalue weighted by Crippen LogP contribution is -2.09. The van der Waals surface area contributed by atoms with E-state index in [0.29, 0.717) is 11.7 Å². The average Bonchev–Trinajstić information content (AvgIpc) is 2.85. The molecule has 21 heavy (non-hydrogen) atoms. The molecule has 0 aliphatic rings. The lowest BCUT2D eigenvalue weighted by atomic mass is 10.3. The first-order valence-corrected chi connectivity index (χ1v) is 7.46. The minimum Gasteiger partial charge on any atom is -0.375 e. The number of imidazole rings is 1. The third-order valence-corrected chi connectivity index (χ3v) is 3.68. The lowest BCUT2D eigenvalue weighted by Gasteiger charge is -2.10. The molecule has 2 aromatic heterocycles. The highest BCUT2D eigenvalue weighted by Crippen LogP contribution is 2.20. The second-order valence-electron chi connectivity index (χ2n) is 4.86. The molecule has 4 nitrogen and oxygen atoms in total. The fourth-order valence-corrected chi connectivity index (χ4v) is 2.61. The minimum absolute atomic E-state index is 0.482. The number of para-hydroxylation sites is 2. The van der Waals surface area contributed by atoms with Gasteiger partial charge in [-0.05, 0) is 30.7 Å². The van der Waals surface area contributed by atoms with Crippen LogP contribution in [0.4, 0.5) is 5.69 Å². The Morgan fingerprint density at radius 3 is 2.86 bits per heavy atom. The molecule has 0 radical (unpaired) electrons. The molecule has 0 bridgehead atoms. The number of anilines is 1. The molecule has 0 saturated carbocycles. The van der Waals surface area contributed by atoms with Gasteiger partial charge in [0.05, 0.1) is 23.3 Å². The predicted octanol–water partition coefficient (Wildman–Crippen LogP) is 4.11. The SMILES string of the molecule is CCCn1c(CNc2cccnc2Cl)nc2ccccc21. The van der Waals surface area contributed by atoms with E-state index in [1.165, 1.54) is 5.52 Å². The fraction of sp³-hybridized carbons (Fsp3) is 0.250. The molecule has 0 aliphatic carbocycles. The van der Waals surface area contributed by atoms with Crippen LogP contribution in [0, 0.1) is 0 Å². The molecule has 2 heterocycles. The molecule has 0 unspecified atom stereocenters. The zero-order chi connectivity index (χ0) is 14.7.